The molecule has 110 valence electrons. The minimum Gasteiger partial charge on any atom is -0.491 e. The number of ether oxygens (including phenoxy) is 2. The van der Waals surface area contributed by atoms with E-state index in [2.05, 4.69) is 0 Å². The normalized spacial score (nSPS) is 10.4. The van der Waals surface area contributed by atoms with Crippen LogP contribution in [0.4, 0.5) is 0 Å². The Kier molecular flexibility index (Phi) is 6.08. The molecule has 0 fully saturated rings. The number of hydrogen-bond donors (Lipinski definition) is 2. The number of halogens is 1. The molecule has 0 atom stereocenters. The number of hydrogen-bond acceptors (Lipinski definition) is 4. The molecular weight excluding hydrogens is 290 g/mol. The van der Waals surface area contributed by atoms with E-state index in [-0.39, 0.29) is 0 Å². The zero-order chi connectivity index (χ0) is 15.1. The smallest absolute Gasteiger partial charge is 0.488 e. The molecule has 21 heavy (non-hydrogen) atoms. The second-order valence-electron chi connectivity index (χ2n) is 4.44. The standard InChI is InChI=1S/C15H16BClO4/c17-15-7-2-1-4-12(15)11-20-8-9-21-14-6-3-5-13(10-14)16(18)19/h1-7,10,18-19H,8-9,11H2. The summed E-state index contributed by atoms with van der Waals surface area (Å²) < 4.78 is 11.0. The van der Waals surface area contributed by atoms with Crippen LogP contribution in [0.2, 0.25) is 5.02 Å². The van der Waals surface area contributed by atoms with E-state index in [1.54, 1.807) is 24.3 Å². The predicted molar refractivity (Wildman–Crippen MR) is 82.9 cm³/mol. The first-order valence-electron chi connectivity index (χ1n) is 6.57. The molecule has 2 aromatic rings. The summed E-state index contributed by atoms with van der Waals surface area (Å²) in [6.45, 7) is 1.21. The lowest BCUT2D eigenvalue weighted by Crippen LogP contribution is -2.29. The van der Waals surface area contributed by atoms with Crippen molar-refractivity contribution in [3.8, 4) is 5.75 Å². The van der Waals surface area contributed by atoms with E-state index in [9.17, 15) is 0 Å². The Morgan fingerprint density at radius 2 is 1.81 bits per heavy atom. The van der Waals surface area contributed by atoms with Crippen molar-refractivity contribution in [2.45, 2.75) is 6.61 Å². The summed E-state index contributed by atoms with van der Waals surface area (Å²) in [6.07, 6.45) is 0. The minimum absolute atomic E-state index is 0.370. The SMILES string of the molecule is OB(O)c1cccc(OCCOCc2ccccc2Cl)c1. The highest BCUT2D eigenvalue weighted by atomic mass is 35.5. The fourth-order valence-corrected chi connectivity index (χ4v) is 1.97. The summed E-state index contributed by atoms with van der Waals surface area (Å²) in [7, 11) is -1.50. The van der Waals surface area contributed by atoms with Crippen molar-refractivity contribution in [2.24, 2.45) is 0 Å². The summed E-state index contributed by atoms with van der Waals surface area (Å²) in [5.74, 6) is 0.571. The first-order valence-corrected chi connectivity index (χ1v) is 6.94. The number of rotatable bonds is 7. The number of benzene rings is 2. The van der Waals surface area contributed by atoms with Crippen molar-refractivity contribution in [1.82, 2.24) is 0 Å². The van der Waals surface area contributed by atoms with Crippen LogP contribution < -0.4 is 10.2 Å². The van der Waals surface area contributed by atoms with Crippen molar-refractivity contribution in [1.29, 1.82) is 0 Å². The maximum atomic E-state index is 9.07. The molecule has 0 aliphatic rings. The van der Waals surface area contributed by atoms with Gasteiger partial charge in [-0.3, -0.25) is 0 Å². The Morgan fingerprint density at radius 3 is 2.57 bits per heavy atom. The van der Waals surface area contributed by atoms with Crippen LogP contribution in [0.15, 0.2) is 48.5 Å². The molecule has 4 nitrogen and oxygen atoms in total. The average Bonchev–Trinajstić information content (AvgIpc) is 2.49. The van der Waals surface area contributed by atoms with Gasteiger partial charge in [0.15, 0.2) is 0 Å². The fourth-order valence-electron chi connectivity index (χ4n) is 1.78. The topological polar surface area (TPSA) is 58.9 Å². The summed E-state index contributed by atoms with van der Waals surface area (Å²) in [4.78, 5) is 0. The van der Waals surface area contributed by atoms with Crippen molar-refractivity contribution >= 4 is 24.2 Å². The Balaban J connectivity index is 1.73. The fraction of sp³-hybridized carbons (Fsp3) is 0.200. The Bertz CT molecular complexity index is 577. The average molecular weight is 307 g/mol. The van der Waals surface area contributed by atoms with Crippen molar-refractivity contribution in [3.05, 3.63) is 59.1 Å². The lowest BCUT2D eigenvalue weighted by molar-refractivity contribution is 0.0890. The van der Waals surface area contributed by atoms with Crippen molar-refractivity contribution in [2.75, 3.05) is 13.2 Å². The van der Waals surface area contributed by atoms with Crippen LogP contribution in [0.25, 0.3) is 0 Å². The summed E-state index contributed by atoms with van der Waals surface area (Å²) in [5.41, 5.74) is 1.33. The van der Waals surface area contributed by atoms with Gasteiger partial charge in [-0.2, -0.15) is 0 Å². The van der Waals surface area contributed by atoms with E-state index in [4.69, 9.17) is 31.1 Å². The van der Waals surface area contributed by atoms with E-state index in [1.165, 1.54) is 0 Å². The third-order valence-electron chi connectivity index (χ3n) is 2.87. The molecule has 0 saturated heterocycles. The molecule has 2 aromatic carbocycles. The zero-order valence-electron chi connectivity index (χ0n) is 11.4. The third kappa shape index (κ3) is 5.06. The minimum atomic E-state index is -1.50. The van der Waals surface area contributed by atoms with Gasteiger partial charge in [-0.1, -0.05) is 41.9 Å². The third-order valence-corrected chi connectivity index (χ3v) is 3.24. The molecular formula is C15H16BClO4. The Hall–Kier alpha value is -1.53. The van der Waals surface area contributed by atoms with Gasteiger partial charge in [0.25, 0.3) is 0 Å². The molecule has 6 heteroatoms. The summed E-state index contributed by atoms with van der Waals surface area (Å²) in [5, 5.41) is 18.8. The molecule has 0 saturated carbocycles. The van der Waals surface area contributed by atoms with Gasteiger partial charge in [0.2, 0.25) is 0 Å². The highest BCUT2D eigenvalue weighted by Crippen LogP contribution is 2.15. The lowest BCUT2D eigenvalue weighted by Gasteiger charge is -2.09. The van der Waals surface area contributed by atoms with Gasteiger partial charge in [0.05, 0.1) is 13.2 Å². The Labute approximate surface area is 129 Å². The molecule has 0 bridgehead atoms. The molecule has 2 N–H and O–H groups in total. The largest absolute Gasteiger partial charge is 0.491 e. The Morgan fingerprint density at radius 1 is 1.00 bits per heavy atom. The van der Waals surface area contributed by atoms with Crippen LogP contribution in [0.1, 0.15) is 5.56 Å². The molecule has 2 rings (SSSR count). The maximum Gasteiger partial charge on any atom is 0.488 e. The van der Waals surface area contributed by atoms with E-state index in [1.807, 2.05) is 24.3 Å². The second kappa shape index (κ2) is 8.05. The first kappa shape index (κ1) is 15.9. The molecule has 0 unspecified atom stereocenters. The summed E-state index contributed by atoms with van der Waals surface area (Å²) in [6, 6.07) is 14.2. The monoisotopic (exact) mass is 306 g/mol. The van der Waals surface area contributed by atoms with Gasteiger partial charge in [0.1, 0.15) is 12.4 Å². The first-order chi connectivity index (χ1) is 10.2. The van der Waals surface area contributed by atoms with E-state index >= 15 is 0 Å². The van der Waals surface area contributed by atoms with E-state index in [0.717, 1.165) is 5.56 Å². The van der Waals surface area contributed by atoms with Crippen molar-refractivity contribution in [3.63, 3.8) is 0 Å². The maximum absolute atomic E-state index is 9.07. The van der Waals surface area contributed by atoms with Gasteiger partial charge in [0, 0.05) is 5.02 Å². The molecule has 0 amide bonds. The van der Waals surface area contributed by atoms with Crippen molar-refractivity contribution < 1.29 is 19.5 Å². The van der Waals surface area contributed by atoms with Crippen LogP contribution in [0, 0.1) is 0 Å². The van der Waals surface area contributed by atoms with Crippen LogP contribution in [0.5, 0.6) is 5.75 Å². The van der Waals surface area contributed by atoms with Crippen LogP contribution in [-0.4, -0.2) is 30.4 Å². The highest BCUT2D eigenvalue weighted by Gasteiger charge is 2.10. The molecule has 0 aliphatic heterocycles. The van der Waals surface area contributed by atoms with Gasteiger partial charge in [-0.05, 0) is 29.2 Å². The van der Waals surface area contributed by atoms with Crippen LogP contribution in [-0.2, 0) is 11.3 Å². The van der Waals surface area contributed by atoms with E-state index in [0.29, 0.717) is 36.1 Å². The zero-order valence-corrected chi connectivity index (χ0v) is 12.2. The lowest BCUT2D eigenvalue weighted by atomic mass is 9.80. The van der Waals surface area contributed by atoms with Crippen LogP contribution in [0.3, 0.4) is 0 Å². The summed E-state index contributed by atoms with van der Waals surface area (Å²) >= 11 is 6.02. The molecule has 0 spiro atoms. The van der Waals surface area contributed by atoms with Gasteiger partial charge in [-0.15, -0.1) is 0 Å². The predicted octanol–water partition coefficient (Wildman–Crippen LogP) is 1.62. The quantitative estimate of drug-likeness (QED) is 0.603. The molecule has 0 aliphatic carbocycles. The van der Waals surface area contributed by atoms with Crippen LogP contribution >= 0.6 is 11.6 Å². The second-order valence-corrected chi connectivity index (χ2v) is 4.85. The molecule has 0 heterocycles. The van der Waals surface area contributed by atoms with Gasteiger partial charge < -0.3 is 19.5 Å². The van der Waals surface area contributed by atoms with E-state index < -0.39 is 7.12 Å². The van der Waals surface area contributed by atoms with Gasteiger partial charge in [-0.25, -0.2) is 0 Å². The highest BCUT2D eigenvalue weighted by molar-refractivity contribution is 6.58. The van der Waals surface area contributed by atoms with Gasteiger partial charge >= 0.3 is 7.12 Å². The molecule has 0 aromatic heterocycles. The molecule has 0 radical (unpaired) electrons.